The quantitative estimate of drug-likeness (QED) is 0.890. The van der Waals surface area contributed by atoms with Crippen molar-refractivity contribution in [2.75, 3.05) is 18.4 Å². The monoisotopic (exact) mass is 345 g/mol. The van der Waals surface area contributed by atoms with Crippen LogP contribution in [0.2, 0.25) is 0 Å². The number of nitrogens with zero attached hydrogens (tertiary/aromatic N) is 2. The molecule has 1 aliphatic heterocycles. The highest BCUT2D eigenvalue weighted by atomic mass is 32.1. The normalized spacial score (nSPS) is 16.9. The Morgan fingerprint density at radius 3 is 2.54 bits per heavy atom. The van der Waals surface area contributed by atoms with Gasteiger partial charge in [0.05, 0.1) is 6.10 Å². The van der Waals surface area contributed by atoms with Crippen molar-refractivity contribution in [1.29, 1.82) is 0 Å². The topological polar surface area (TPSA) is 65.5 Å². The maximum absolute atomic E-state index is 12.3. The molecule has 1 aromatic heterocycles. The molecule has 1 aromatic carbocycles. The highest BCUT2D eigenvalue weighted by molar-refractivity contribution is 7.13. The molecule has 0 aliphatic carbocycles. The molecule has 2 amide bonds. The van der Waals surface area contributed by atoms with Crippen molar-refractivity contribution >= 4 is 23.1 Å². The fraction of sp³-hybridized carbons (Fsp3) is 0.444. The molecule has 128 valence electrons. The molecule has 0 radical (unpaired) electrons. The molecule has 0 bridgehead atoms. The van der Waals surface area contributed by atoms with Gasteiger partial charge in [0.1, 0.15) is 5.01 Å². The number of piperidine rings is 1. The lowest BCUT2D eigenvalue weighted by Crippen LogP contribution is -2.42. The third kappa shape index (κ3) is 3.94. The Hall–Kier alpha value is -1.92. The van der Waals surface area contributed by atoms with Gasteiger partial charge >= 0.3 is 6.03 Å². The highest BCUT2D eigenvalue weighted by Crippen LogP contribution is 2.25. The summed E-state index contributed by atoms with van der Waals surface area (Å²) in [5, 5.41) is 15.6. The number of hydrogen-bond donors (Lipinski definition) is 2. The minimum atomic E-state index is -0.294. The first-order valence-electron chi connectivity index (χ1n) is 8.29. The number of aromatic nitrogens is 1. The van der Waals surface area contributed by atoms with Crippen LogP contribution >= 0.6 is 11.3 Å². The zero-order valence-corrected chi connectivity index (χ0v) is 14.8. The van der Waals surface area contributed by atoms with Gasteiger partial charge in [0.25, 0.3) is 0 Å². The lowest BCUT2D eigenvalue weighted by atomic mass is 9.92. The van der Waals surface area contributed by atoms with Crippen molar-refractivity contribution in [2.24, 2.45) is 5.92 Å². The van der Waals surface area contributed by atoms with Crippen molar-refractivity contribution in [3.63, 3.8) is 0 Å². The largest absolute Gasteiger partial charge is 0.393 e. The molecule has 0 spiro atoms. The van der Waals surface area contributed by atoms with E-state index in [1.54, 1.807) is 11.3 Å². The van der Waals surface area contributed by atoms with Gasteiger partial charge < -0.3 is 15.3 Å². The molecule has 1 unspecified atom stereocenters. The molecule has 1 fully saturated rings. The predicted octanol–water partition coefficient (Wildman–Crippen LogP) is 3.74. The Bertz CT molecular complexity index is 689. The summed E-state index contributed by atoms with van der Waals surface area (Å²) in [5.41, 5.74) is 2.87. The van der Waals surface area contributed by atoms with Crippen molar-refractivity contribution in [1.82, 2.24) is 9.88 Å². The Morgan fingerprint density at radius 2 is 2.00 bits per heavy atom. The number of nitrogens with one attached hydrogen (secondary N) is 1. The number of likely N-dealkylation sites (tertiary alicyclic amines) is 1. The predicted molar refractivity (Wildman–Crippen MR) is 97.3 cm³/mol. The molecular formula is C18H23N3O2S. The Balaban J connectivity index is 1.57. The number of aryl methyl sites for hydroxylation is 1. The summed E-state index contributed by atoms with van der Waals surface area (Å²) in [7, 11) is 0. The van der Waals surface area contributed by atoms with Gasteiger partial charge in [-0.25, -0.2) is 9.78 Å². The Morgan fingerprint density at radius 1 is 1.33 bits per heavy atom. The molecule has 6 heteroatoms. The first-order valence-corrected chi connectivity index (χ1v) is 9.17. The van der Waals surface area contributed by atoms with Crippen LogP contribution in [0.25, 0.3) is 10.6 Å². The maximum atomic E-state index is 12.3. The highest BCUT2D eigenvalue weighted by Gasteiger charge is 2.25. The molecule has 0 saturated carbocycles. The van der Waals surface area contributed by atoms with Crippen molar-refractivity contribution < 1.29 is 9.90 Å². The number of thiazole rings is 1. The third-order valence-electron chi connectivity index (χ3n) is 4.51. The minimum absolute atomic E-state index is 0.0723. The van der Waals surface area contributed by atoms with Crippen LogP contribution in [-0.2, 0) is 0 Å². The molecule has 24 heavy (non-hydrogen) atoms. The van der Waals surface area contributed by atoms with Crippen LogP contribution in [0.5, 0.6) is 0 Å². The number of urea groups is 1. The van der Waals surface area contributed by atoms with Crippen LogP contribution in [-0.4, -0.2) is 40.2 Å². The van der Waals surface area contributed by atoms with Gasteiger partial charge in [-0.2, -0.15) is 0 Å². The fourth-order valence-electron chi connectivity index (χ4n) is 2.97. The van der Waals surface area contributed by atoms with Gasteiger partial charge in [-0.15, -0.1) is 11.3 Å². The molecule has 2 heterocycles. The fourth-order valence-corrected chi connectivity index (χ4v) is 3.77. The first-order chi connectivity index (χ1) is 11.5. The van der Waals surface area contributed by atoms with E-state index in [2.05, 4.69) is 10.3 Å². The van der Waals surface area contributed by atoms with Gasteiger partial charge in [-0.3, -0.25) is 0 Å². The molecule has 1 saturated heterocycles. The van der Waals surface area contributed by atoms with Gasteiger partial charge in [-0.1, -0.05) is 0 Å². The molecule has 2 aromatic rings. The van der Waals surface area contributed by atoms with Crippen LogP contribution < -0.4 is 5.32 Å². The zero-order chi connectivity index (χ0) is 17.1. The van der Waals surface area contributed by atoms with Crippen LogP contribution in [0.3, 0.4) is 0 Å². The van der Waals surface area contributed by atoms with E-state index in [4.69, 9.17) is 0 Å². The number of anilines is 1. The maximum Gasteiger partial charge on any atom is 0.321 e. The average molecular weight is 345 g/mol. The van der Waals surface area contributed by atoms with Crippen LogP contribution in [0.15, 0.2) is 29.6 Å². The number of benzene rings is 1. The first kappa shape index (κ1) is 16.9. The summed E-state index contributed by atoms with van der Waals surface area (Å²) >= 11 is 1.62. The average Bonchev–Trinajstić information content (AvgIpc) is 3.02. The molecule has 5 nitrogen and oxygen atoms in total. The van der Waals surface area contributed by atoms with Crippen LogP contribution in [0, 0.1) is 12.8 Å². The number of aliphatic hydroxyl groups excluding tert-OH is 1. The lowest BCUT2D eigenvalue weighted by Gasteiger charge is -2.33. The molecule has 1 aliphatic rings. The van der Waals surface area contributed by atoms with E-state index < -0.39 is 0 Å². The van der Waals surface area contributed by atoms with Crippen LogP contribution in [0.1, 0.15) is 25.5 Å². The van der Waals surface area contributed by atoms with Gasteiger partial charge in [0.15, 0.2) is 0 Å². The summed E-state index contributed by atoms with van der Waals surface area (Å²) in [6.07, 6.45) is 1.41. The van der Waals surface area contributed by atoms with Crippen molar-refractivity contribution in [3.05, 3.63) is 35.3 Å². The standard InChI is InChI=1S/C18H23N3O2S/c1-12-11-24-17(19-12)15-3-5-16(6-4-15)20-18(23)21-9-7-14(8-10-21)13(2)22/h3-6,11,13-14,22H,7-10H2,1-2H3,(H,20,23). The second-order valence-electron chi connectivity index (χ2n) is 6.37. The van der Waals surface area contributed by atoms with Gasteiger partial charge in [-0.05, 0) is 56.9 Å². The summed E-state index contributed by atoms with van der Waals surface area (Å²) in [5.74, 6) is 0.301. The zero-order valence-electron chi connectivity index (χ0n) is 14.0. The van der Waals surface area contributed by atoms with E-state index in [1.807, 2.05) is 48.4 Å². The van der Waals surface area contributed by atoms with E-state index in [0.717, 1.165) is 34.8 Å². The number of aliphatic hydroxyl groups is 1. The third-order valence-corrected chi connectivity index (χ3v) is 5.52. The number of amides is 2. The minimum Gasteiger partial charge on any atom is -0.393 e. The molecule has 2 N–H and O–H groups in total. The van der Waals surface area contributed by atoms with Gasteiger partial charge in [0, 0.05) is 35.4 Å². The van der Waals surface area contributed by atoms with Gasteiger partial charge in [0.2, 0.25) is 0 Å². The summed E-state index contributed by atoms with van der Waals surface area (Å²) < 4.78 is 0. The van der Waals surface area contributed by atoms with Crippen LogP contribution in [0.4, 0.5) is 10.5 Å². The second kappa shape index (κ2) is 7.32. The summed E-state index contributed by atoms with van der Waals surface area (Å²) in [6, 6.07) is 7.71. The summed E-state index contributed by atoms with van der Waals surface area (Å²) in [4.78, 5) is 18.6. The number of rotatable bonds is 3. The van der Waals surface area contributed by atoms with Crippen molar-refractivity contribution in [2.45, 2.75) is 32.8 Å². The molecule has 3 rings (SSSR count). The van der Waals surface area contributed by atoms with Crippen molar-refractivity contribution in [3.8, 4) is 10.6 Å². The number of hydrogen-bond acceptors (Lipinski definition) is 4. The van der Waals surface area contributed by atoms with E-state index in [1.165, 1.54) is 0 Å². The Kier molecular flexibility index (Phi) is 5.16. The smallest absolute Gasteiger partial charge is 0.321 e. The molecular weight excluding hydrogens is 322 g/mol. The SMILES string of the molecule is Cc1csc(-c2ccc(NC(=O)N3CCC(C(C)O)CC3)cc2)n1. The Labute approximate surface area is 146 Å². The lowest BCUT2D eigenvalue weighted by molar-refractivity contribution is 0.0820. The summed E-state index contributed by atoms with van der Waals surface area (Å²) in [6.45, 7) is 5.19. The second-order valence-corrected chi connectivity index (χ2v) is 7.22. The van der Waals surface area contributed by atoms with E-state index in [9.17, 15) is 9.90 Å². The number of carbonyl (C=O) groups is 1. The van der Waals surface area contributed by atoms with E-state index in [0.29, 0.717) is 19.0 Å². The molecule has 1 atom stereocenters. The van der Waals surface area contributed by atoms with E-state index >= 15 is 0 Å². The number of carbonyl (C=O) groups excluding carboxylic acids is 1. The van der Waals surface area contributed by atoms with E-state index in [-0.39, 0.29) is 12.1 Å².